The van der Waals surface area contributed by atoms with Crippen LogP contribution in [0.15, 0.2) is 41.8 Å². The molecule has 1 fully saturated rings. The zero-order valence-corrected chi connectivity index (χ0v) is 15.4. The molecule has 3 heterocycles. The third-order valence-electron chi connectivity index (χ3n) is 4.47. The lowest BCUT2D eigenvalue weighted by molar-refractivity contribution is -0.119. The van der Waals surface area contributed by atoms with Crippen molar-refractivity contribution in [2.45, 2.75) is 24.0 Å². The van der Waals surface area contributed by atoms with Crippen LogP contribution in [0, 0.1) is 5.82 Å². The second-order valence-corrected chi connectivity index (χ2v) is 7.30. The van der Waals surface area contributed by atoms with Gasteiger partial charge in [-0.15, -0.1) is 0 Å². The zero-order chi connectivity index (χ0) is 18.6. The van der Waals surface area contributed by atoms with Crippen LogP contribution in [0.2, 0.25) is 0 Å². The van der Waals surface area contributed by atoms with Crippen molar-refractivity contribution in [1.29, 1.82) is 0 Å². The Hall–Kier alpha value is -2.45. The number of carbonyl (C=O) groups excluding carboxylic acids is 1. The Morgan fingerprint density at radius 1 is 1.33 bits per heavy atom. The molecule has 3 aromatic rings. The molecular formula is C19H19FN4O2S. The van der Waals surface area contributed by atoms with Gasteiger partial charge in [0.05, 0.1) is 17.4 Å². The van der Waals surface area contributed by atoms with Crippen molar-refractivity contribution in [3.05, 3.63) is 42.6 Å². The van der Waals surface area contributed by atoms with E-state index in [0.717, 1.165) is 41.6 Å². The Morgan fingerprint density at radius 2 is 2.19 bits per heavy atom. The van der Waals surface area contributed by atoms with Crippen molar-refractivity contribution in [3.63, 3.8) is 0 Å². The highest BCUT2D eigenvalue weighted by Gasteiger charge is 2.17. The Kier molecular flexibility index (Phi) is 5.35. The van der Waals surface area contributed by atoms with E-state index >= 15 is 0 Å². The quantitative estimate of drug-likeness (QED) is 0.503. The maximum absolute atomic E-state index is 13.2. The van der Waals surface area contributed by atoms with Gasteiger partial charge in [-0.05, 0) is 30.5 Å². The van der Waals surface area contributed by atoms with E-state index in [9.17, 15) is 9.18 Å². The van der Waals surface area contributed by atoms with E-state index in [1.165, 1.54) is 30.2 Å². The zero-order valence-electron chi connectivity index (χ0n) is 14.6. The van der Waals surface area contributed by atoms with Crippen molar-refractivity contribution in [2.75, 3.05) is 18.9 Å². The number of H-pyrrole nitrogens is 1. The molecule has 2 N–H and O–H groups in total. The molecule has 1 unspecified atom stereocenters. The van der Waals surface area contributed by atoms with E-state index < -0.39 is 0 Å². The Bertz CT molecular complexity index is 939. The number of rotatable bonds is 6. The maximum Gasteiger partial charge on any atom is 0.230 e. The van der Waals surface area contributed by atoms with Crippen LogP contribution in [0.25, 0.3) is 22.2 Å². The smallest absolute Gasteiger partial charge is 0.230 e. The van der Waals surface area contributed by atoms with Crippen LogP contribution >= 0.6 is 11.8 Å². The van der Waals surface area contributed by atoms with Crippen LogP contribution in [-0.2, 0) is 9.53 Å². The van der Waals surface area contributed by atoms with E-state index in [4.69, 9.17) is 4.74 Å². The SMILES string of the molecule is O=C(CSc1ncnc2c(-c3ccc(F)cc3)c[nH]c12)NCC1CCCO1. The second kappa shape index (κ2) is 8.06. The third-order valence-corrected chi connectivity index (χ3v) is 5.46. The molecule has 0 bridgehead atoms. The van der Waals surface area contributed by atoms with Crippen LogP contribution in [0.1, 0.15) is 12.8 Å². The number of hydrogen-bond donors (Lipinski definition) is 2. The van der Waals surface area contributed by atoms with Gasteiger partial charge in [0.1, 0.15) is 22.7 Å². The first-order chi connectivity index (χ1) is 13.2. The van der Waals surface area contributed by atoms with E-state index in [1.807, 2.05) is 6.20 Å². The number of thioether (sulfide) groups is 1. The summed E-state index contributed by atoms with van der Waals surface area (Å²) >= 11 is 1.36. The molecule has 27 heavy (non-hydrogen) atoms. The predicted octanol–water partition coefficient (Wildman–Crippen LogP) is 3.15. The fourth-order valence-electron chi connectivity index (χ4n) is 3.09. The molecular weight excluding hydrogens is 367 g/mol. The topological polar surface area (TPSA) is 79.9 Å². The van der Waals surface area contributed by atoms with Gasteiger partial charge in [-0.2, -0.15) is 0 Å². The van der Waals surface area contributed by atoms with Gasteiger partial charge in [0.25, 0.3) is 0 Å². The summed E-state index contributed by atoms with van der Waals surface area (Å²) in [6.07, 6.45) is 5.49. The minimum Gasteiger partial charge on any atom is -0.376 e. The Labute approximate surface area is 159 Å². The molecule has 6 nitrogen and oxygen atoms in total. The van der Waals surface area contributed by atoms with Gasteiger partial charge in [-0.25, -0.2) is 14.4 Å². The van der Waals surface area contributed by atoms with Gasteiger partial charge in [-0.3, -0.25) is 4.79 Å². The summed E-state index contributed by atoms with van der Waals surface area (Å²) in [4.78, 5) is 23.9. The van der Waals surface area contributed by atoms with Crippen LogP contribution < -0.4 is 5.32 Å². The van der Waals surface area contributed by atoms with E-state index in [2.05, 4.69) is 20.3 Å². The number of amides is 1. The molecule has 1 aromatic carbocycles. The largest absolute Gasteiger partial charge is 0.376 e. The molecule has 1 aliphatic rings. The molecule has 8 heteroatoms. The standard InChI is InChI=1S/C19H19FN4O2S/c20-13-5-3-12(4-6-13)15-9-22-18-17(15)23-11-24-19(18)27-10-16(25)21-8-14-2-1-7-26-14/h3-6,9,11,14,22H,1-2,7-8,10H2,(H,21,25). The lowest BCUT2D eigenvalue weighted by atomic mass is 10.1. The number of fused-ring (bicyclic) bond motifs is 1. The number of halogens is 1. The van der Waals surface area contributed by atoms with Gasteiger partial charge >= 0.3 is 0 Å². The molecule has 1 atom stereocenters. The number of ether oxygens (including phenoxy) is 1. The van der Waals surface area contributed by atoms with Crippen molar-refractivity contribution >= 4 is 28.7 Å². The van der Waals surface area contributed by atoms with Crippen LogP contribution in [0.5, 0.6) is 0 Å². The summed E-state index contributed by atoms with van der Waals surface area (Å²) < 4.78 is 18.7. The molecule has 0 aliphatic carbocycles. The monoisotopic (exact) mass is 386 g/mol. The van der Waals surface area contributed by atoms with E-state index in [1.54, 1.807) is 12.1 Å². The van der Waals surface area contributed by atoms with Crippen LogP contribution in [-0.4, -0.2) is 45.9 Å². The molecule has 0 spiro atoms. The molecule has 0 radical (unpaired) electrons. The van der Waals surface area contributed by atoms with Crippen molar-refractivity contribution in [2.24, 2.45) is 0 Å². The molecule has 4 rings (SSSR count). The summed E-state index contributed by atoms with van der Waals surface area (Å²) in [5.74, 6) is -0.0601. The normalized spacial score (nSPS) is 16.7. The van der Waals surface area contributed by atoms with E-state index in [0.29, 0.717) is 11.6 Å². The van der Waals surface area contributed by atoms with Crippen molar-refractivity contribution < 1.29 is 13.9 Å². The number of nitrogens with one attached hydrogen (secondary N) is 2. The summed E-state index contributed by atoms with van der Waals surface area (Å²) in [5.41, 5.74) is 3.26. The molecule has 0 saturated carbocycles. The number of nitrogens with zero attached hydrogens (tertiary/aromatic N) is 2. The van der Waals surface area contributed by atoms with Crippen LogP contribution in [0.4, 0.5) is 4.39 Å². The lowest BCUT2D eigenvalue weighted by Crippen LogP contribution is -2.32. The van der Waals surface area contributed by atoms with Crippen LogP contribution in [0.3, 0.4) is 0 Å². The number of aromatic nitrogens is 3. The molecule has 2 aromatic heterocycles. The Balaban J connectivity index is 1.44. The van der Waals surface area contributed by atoms with Crippen molar-refractivity contribution in [1.82, 2.24) is 20.3 Å². The maximum atomic E-state index is 13.2. The number of hydrogen-bond acceptors (Lipinski definition) is 5. The minimum absolute atomic E-state index is 0.0485. The Morgan fingerprint density at radius 3 is 2.96 bits per heavy atom. The first kappa shape index (κ1) is 17.9. The van der Waals surface area contributed by atoms with E-state index in [-0.39, 0.29) is 23.6 Å². The summed E-state index contributed by atoms with van der Waals surface area (Å²) in [5, 5.41) is 3.61. The van der Waals surface area contributed by atoms with Gasteiger partial charge in [0.2, 0.25) is 5.91 Å². The molecule has 140 valence electrons. The first-order valence-electron chi connectivity index (χ1n) is 8.80. The minimum atomic E-state index is -0.279. The fourth-order valence-corrected chi connectivity index (χ4v) is 3.88. The third kappa shape index (κ3) is 4.12. The fraction of sp³-hybridized carbons (Fsp3) is 0.316. The number of carbonyl (C=O) groups is 1. The second-order valence-electron chi connectivity index (χ2n) is 6.34. The lowest BCUT2D eigenvalue weighted by Gasteiger charge is -2.10. The number of aromatic amines is 1. The van der Waals surface area contributed by atoms with Gasteiger partial charge in [-0.1, -0.05) is 23.9 Å². The average Bonchev–Trinajstić information content (AvgIpc) is 3.35. The highest BCUT2D eigenvalue weighted by molar-refractivity contribution is 8.00. The summed E-state index contributed by atoms with van der Waals surface area (Å²) in [6, 6.07) is 6.27. The molecule has 1 saturated heterocycles. The first-order valence-corrected chi connectivity index (χ1v) is 9.78. The molecule has 1 amide bonds. The highest BCUT2D eigenvalue weighted by Crippen LogP contribution is 2.31. The summed E-state index contributed by atoms with van der Waals surface area (Å²) in [6.45, 7) is 1.33. The van der Waals surface area contributed by atoms with Crippen molar-refractivity contribution in [3.8, 4) is 11.1 Å². The predicted molar refractivity (Wildman–Crippen MR) is 102 cm³/mol. The molecule has 1 aliphatic heterocycles. The van der Waals surface area contributed by atoms with Gasteiger partial charge in [0, 0.05) is 24.9 Å². The number of benzene rings is 1. The van der Waals surface area contributed by atoms with Gasteiger partial charge < -0.3 is 15.0 Å². The highest BCUT2D eigenvalue weighted by atomic mass is 32.2. The average molecular weight is 386 g/mol. The van der Waals surface area contributed by atoms with Gasteiger partial charge in [0.15, 0.2) is 0 Å². The summed E-state index contributed by atoms with van der Waals surface area (Å²) in [7, 11) is 0.